The molecule has 2 heterocycles. The number of carbonyl (C=O) groups is 1. The van der Waals surface area contributed by atoms with Gasteiger partial charge in [0.15, 0.2) is 0 Å². The molecular weight excluding hydrogens is 398 g/mol. The standard InChI is InChI=1S/C16H11BrClN3OS/c17-11-1-2-12(13(18)7-11)16(22)20-8-15-21-14(9-23-15)10-3-5-19-6-4-10/h1-7,9H,8H2,(H,20,22). The second kappa shape index (κ2) is 7.21. The lowest BCUT2D eigenvalue weighted by atomic mass is 10.2. The number of thiazole rings is 1. The van der Waals surface area contributed by atoms with E-state index in [9.17, 15) is 4.79 Å². The van der Waals surface area contributed by atoms with Gasteiger partial charge >= 0.3 is 0 Å². The van der Waals surface area contributed by atoms with E-state index in [2.05, 4.69) is 31.2 Å². The van der Waals surface area contributed by atoms with E-state index in [1.807, 2.05) is 17.5 Å². The summed E-state index contributed by atoms with van der Waals surface area (Å²) in [5.74, 6) is -0.219. The van der Waals surface area contributed by atoms with E-state index in [4.69, 9.17) is 11.6 Å². The molecule has 23 heavy (non-hydrogen) atoms. The molecule has 116 valence electrons. The molecule has 0 saturated heterocycles. The van der Waals surface area contributed by atoms with Gasteiger partial charge in [0.25, 0.3) is 5.91 Å². The number of amides is 1. The van der Waals surface area contributed by atoms with Crippen LogP contribution in [0.3, 0.4) is 0 Å². The first-order chi connectivity index (χ1) is 11.1. The third-order valence-corrected chi connectivity index (χ3v) is 4.76. The van der Waals surface area contributed by atoms with Crippen LogP contribution >= 0.6 is 38.9 Å². The second-order valence-corrected chi connectivity index (χ2v) is 6.93. The minimum Gasteiger partial charge on any atom is -0.345 e. The maximum atomic E-state index is 12.2. The Kier molecular flexibility index (Phi) is 5.05. The Morgan fingerprint density at radius 1 is 1.26 bits per heavy atom. The van der Waals surface area contributed by atoms with Crippen molar-refractivity contribution in [1.82, 2.24) is 15.3 Å². The number of nitrogens with one attached hydrogen (secondary N) is 1. The molecule has 1 N–H and O–H groups in total. The van der Waals surface area contributed by atoms with Crippen LogP contribution < -0.4 is 5.32 Å². The number of hydrogen-bond donors (Lipinski definition) is 1. The highest BCUT2D eigenvalue weighted by molar-refractivity contribution is 9.10. The number of hydrogen-bond acceptors (Lipinski definition) is 4. The van der Waals surface area contributed by atoms with Crippen molar-refractivity contribution in [3.63, 3.8) is 0 Å². The molecule has 0 fully saturated rings. The zero-order chi connectivity index (χ0) is 16.2. The average molecular weight is 409 g/mol. The summed E-state index contributed by atoms with van der Waals surface area (Å²) in [6.45, 7) is 0.362. The van der Waals surface area contributed by atoms with Crippen LogP contribution in [0.2, 0.25) is 5.02 Å². The first-order valence-corrected chi connectivity index (χ1v) is 8.76. The Bertz CT molecular complexity index is 838. The third kappa shape index (κ3) is 3.96. The predicted molar refractivity (Wildman–Crippen MR) is 95.7 cm³/mol. The van der Waals surface area contributed by atoms with E-state index in [1.165, 1.54) is 11.3 Å². The molecule has 0 aliphatic heterocycles. The molecule has 0 radical (unpaired) electrons. The number of aromatic nitrogens is 2. The maximum absolute atomic E-state index is 12.2. The summed E-state index contributed by atoms with van der Waals surface area (Å²) in [4.78, 5) is 20.7. The van der Waals surface area contributed by atoms with Crippen LogP contribution in [-0.4, -0.2) is 15.9 Å². The molecule has 1 aromatic carbocycles. The molecule has 0 aliphatic carbocycles. The Balaban J connectivity index is 1.67. The van der Waals surface area contributed by atoms with E-state index in [0.717, 1.165) is 20.7 Å². The van der Waals surface area contributed by atoms with Gasteiger partial charge in [-0.15, -0.1) is 11.3 Å². The number of nitrogens with zero attached hydrogens (tertiary/aromatic N) is 2. The molecule has 1 amide bonds. The van der Waals surface area contributed by atoms with E-state index in [-0.39, 0.29) is 5.91 Å². The Labute approximate surface area is 150 Å². The van der Waals surface area contributed by atoms with E-state index >= 15 is 0 Å². The Hall–Kier alpha value is -1.76. The van der Waals surface area contributed by atoms with Gasteiger partial charge in [-0.1, -0.05) is 27.5 Å². The highest BCUT2D eigenvalue weighted by Gasteiger charge is 2.11. The van der Waals surface area contributed by atoms with Crippen molar-refractivity contribution < 1.29 is 4.79 Å². The lowest BCUT2D eigenvalue weighted by molar-refractivity contribution is 0.0951. The van der Waals surface area contributed by atoms with Crippen LogP contribution in [0.25, 0.3) is 11.3 Å². The molecule has 0 saturated carbocycles. The van der Waals surface area contributed by atoms with Crippen molar-refractivity contribution in [2.24, 2.45) is 0 Å². The number of carbonyl (C=O) groups excluding carboxylic acids is 1. The van der Waals surface area contributed by atoms with Crippen LogP contribution in [-0.2, 0) is 6.54 Å². The lowest BCUT2D eigenvalue weighted by Gasteiger charge is -2.05. The van der Waals surface area contributed by atoms with Crippen LogP contribution in [0.1, 0.15) is 15.4 Å². The summed E-state index contributed by atoms with van der Waals surface area (Å²) in [5.41, 5.74) is 2.33. The Morgan fingerprint density at radius 2 is 2.04 bits per heavy atom. The molecule has 0 unspecified atom stereocenters. The summed E-state index contributed by atoms with van der Waals surface area (Å²) in [5, 5.41) is 6.04. The van der Waals surface area contributed by atoms with Gasteiger partial charge in [0.05, 0.1) is 22.8 Å². The summed E-state index contributed by atoms with van der Waals surface area (Å²) < 4.78 is 0.834. The van der Waals surface area contributed by atoms with Gasteiger partial charge in [0, 0.05) is 27.8 Å². The van der Waals surface area contributed by atoms with Gasteiger partial charge in [-0.2, -0.15) is 0 Å². The molecule has 0 bridgehead atoms. The first-order valence-electron chi connectivity index (χ1n) is 6.71. The fourth-order valence-corrected chi connectivity index (χ4v) is 3.47. The van der Waals surface area contributed by atoms with Gasteiger partial charge in [0.2, 0.25) is 0 Å². The van der Waals surface area contributed by atoms with Gasteiger partial charge in [-0.25, -0.2) is 4.98 Å². The molecule has 7 heteroatoms. The summed E-state index contributed by atoms with van der Waals surface area (Å²) >= 11 is 10.9. The van der Waals surface area contributed by atoms with Gasteiger partial charge in [-0.05, 0) is 30.3 Å². The van der Waals surface area contributed by atoms with Gasteiger partial charge in [-0.3, -0.25) is 9.78 Å². The maximum Gasteiger partial charge on any atom is 0.253 e. The Morgan fingerprint density at radius 3 is 2.78 bits per heavy atom. The van der Waals surface area contributed by atoms with E-state index in [0.29, 0.717) is 17.1 Å². The van der Waals surface area contributed by atoms with Crippen molar-refractivity contribution in [3.05, 3.63) is 68.2 Å². The number of rotatable bonds is 4. The lowest BCUT2D eigenvalue weighted by Crippen LogP contribution is -2.23. The molecule has 2 aromatic heterocycles. The molecule has 0 aliphatic rings. The number of benzene rings is 1. The van der Waals surface area contributed by atoms with Crippen molar-refractivity contribution in [3.8, 4) is 11.3 Å². The summed E-state index contributed by atoms with van der Waals surface area (Å²) in [6, 6.07) is 8.97. The molecule has 0 spiro atoms. The zero-order valence-corrected chi connectivity index (χ0v) is 15.0. The molecule has 4 nitrogen and oxygen atoms in total. The monoisotopic (exact) mass is 407 g/mol. The topological polar surface area (TPSA) is 54.9 Å². The number of pyridine rings is 1. The van der Waals surface area contributed by atoms with Crippen LogP contribution in [0.5, 0.6) is 0 Å². The fourth-order valence-electron chi connectivity index (χ4n) is 1.97. The molecule has 3 rings (SSSR count). The quantitative estimate of drug-likeness (QED) is 0.689. The normalized spacial score (nSPS) is 10.5. The minimum atomic E-state index is -0.219. The number of halogens is 2. The second-order valence-electron chi connectivity index (χ2n) is 4.67. The minimum absolute atomic E-state index is 0.219. The largest absolute Gasteiger partial charge is 0.345 e. The van der Waals surface area contributed by atoms with Crippen molar-refractivity contribution in [2.75, 3.05) is 0 Å². The van der Waals surface area contributed by atoms with E-state index < -0.39 is 0 Å². The van der Waals surface area contributed by atoms with Crippen molar-refractivity contribution in [2.45, 2.75) is 6.54 Å². The SMILES string of the molecule is O=C(NCc1nc(-c2ccncc2)cs1)c1ccc(Br)cc1Cl. The van der Waals surface area contributed by atoms with Gasteiger partial charge < -0.3 is 5.32 Å². The van der Waals surface area contributed by atoms with Gasteiger partial charge in [0.1, 0.15) is 5.01 Å². The summed E-state index contributed by atoms with van der Waals surface area (Å²) in [6.07, 6.45) is 3.46. The highest BCUT2D eigenvalue weighted by Crippen LogP contribution is 2.23. The predicted octanol–water partition coefficient (Wildman–Crippen LogP) is 4.55. The van der Waals surface area contributed by atoms with Crippen molar-refractivity contribution in [1.29, 1.82) is 0 Å². The molecular formula is C16H11BrClN3OS. The zero-order valence-electron chi connectivity index (χ0n) is 11.8. The summed E-state index contributed by atoms with van der Waals surface area (Å²) in [7, 11) is 0. The average Bonchev–Trinajstić information content (AvgIpc) is 3.02. The fraction of sp³-hybridized carbons (Fsp3) is 0.0625. The third-order valence-electron chi connectivity index (χ3n) is 3.10. The smallest absolute Gasteiger partial charge is 0.253 e. The molecule has 0 atom stereocenters. The molecule has 3 aromatic rings. The van der Waals surface area contributed by atoms with Crippen LogP contribution in [0.15, 0.2) is 52.6 Å². The first kappa shape index (κ1) is 16.1. The van der Waals surface area contributed by atoms with Crippen molar-refractivity contribution >= 4 is 44.8 Å². The van der Waals surface area contributed by atoms with Crippen LogP contribution in [0.4, 0.5) is 0 Å². The van der Waals surface area contributed by atoms with Crippen LogP contribution in [0, 0.1) is 0 Å². The van der Waals surface area contributed by atoms with E-state index in [1.54, 1.807) is 30.6 Å². The highest BCUT2D eigenvalue weighted by atomic mass is 79.9.